The highest BCUT2D eigenvalue weighted by Gasteiger charge is 2.26. The molecule has 1 atom stereocenters. The molecule has 2 N–H and O–H groups in total. The number of carbonyl (C=O) groups excluding carboxylic acids is 1. The van der Waals surface area contributed by atoms with Crippen LogP contribution in [0.15, 0.2) is 0 Å². The van der Waals surface area contributed by atoms with Crippen LogP contribution in [0, 0.1) is 0 Å². The molecule has 1 amide bonds. The summed E-state index contributed by atoms with van der Waals surface area (Å²) in [6, 6.07) is 0.470. The van der Waals surface area contributed by atoms with E-state index in [2.05, 4.69) is 10.6 Å². The van der Waals surface area contributed by atoms with Gasteiger partial charge in [-0.3, -0.25) is 4.79 Å². The predicted molar refractivity (Wildman–Crippen MR) is 65.5 cm³/mol. The number of nitrogens with one attached hydrogen (secondary N) is 2. The maximum absolute atomic E-state index is 11.4. The summed E-state index contributed by atoms with van der Waals surface area (Å²) in [4.78, 5) is 11.4. The van der Waals surface area contributed by atoms with Crippen molar-refractivity contribution in [3.8, 4) is 0 Å². The number of carbonyl (C=O) groups is 1. The van der Waals surface area contributed by atoms with Gasteiger partial charge in [0.1, 0.15) is 9.84 Å². The van der Waals surface area contributed by atoms with Crippen LogP contribution >= 0.6 is 0 Å². The molecule has 0 saturated carbocycles. The predicted octanol–water partition coefficient (Wildman–Crippen LogP) is -0.178. The minimum atomic E-state index is -2.79. The Kier molecular flexibility index (Phi) is 4.04. The highest BCUT2D eigenvalue weighted by atomic mass is 32.2. The number of hydrogen-bond donors (Lipinski definition) is 2. The Balaban J connectivity index is 1.82. The Morgan fingerprint density at radius 1 is 1.12 bits per heavy atom. The molecule has 0 bridgehead atoms. The summed E-state index contributed by atoms with van der Waals surface area (Å²) in [7, 11) is -2.79. The van der Waals surface area contributed by atoms with Crippen LogP contribution < -0.4 is 10.6 Å². The van der Waals surface area contributed by atoms with E-state index in [1.807, 2.05) is 0 Å². The van der Waals surface area contributed by atoms with Gasteiger partial charge in [-0.1, -0.05) is 0 Å². The van der Waals surface area contributed by atoms with Crippen molar-refractivity contribution < 1.29 is 13.2 Å². The van der Waals surface area contributed by atoms with Crippen LogP contribution in [0.4, 0.5) is 0 Å². The molecular formula is C11H20N2O3S. The van der Waals surface area contributed by atoms with Gasteiger partial charge >= 0.3 is 0 Å². The van der Waals surface area contributed by atoms with Crippen molar-refractivity contribution in [3.63, 3.8) is 0 Å². The molecule has 5 nitrogen and oxygen atoms in total. The highest BCUT2D eigenvalue weighted by Crippen LogP contribution is 2.15. The summed E-state index contributed by atoms with van der Waals surface area (Å²) in [5, 5.41) is 6.29. The lowest BCUT2D eigenvalue weighted by molar-refractivity contribution is -0.121. The molecule has 6 heteroatoms. The molecule has 0 aromatic rings. The number of sulfone groups is 1. The zero-order valence-corrected chi connectivity index (χ0v) is 10.8. The van der Waals surface area contributed by atoms with Crippen LogP contribution in [0.2, 0.25) is 0 Å². The third-order valence-corrected chi connectivity index (χ3v) is 5.22. The van der Waals surface area contributed by atoms with Gasteiger partial charge in [-0.05, 0) is 25.7 Å². The average molecular weight is 260 g/mol. The highest BCUT2D eigenvalue weighted by molar-refractivity contribution is 7.91. The second kappa shape index (κ2) is 5.35. The lowest BCUT2D eigenvalue weighted by Gasteiger charge is -2.27. The SMILES string of the molecule is O=C1CC(NC2CCS(=O)(=O)CC2)CCCN1. The van der Waals surface area contributed by atoms with Crippen molar-refractivity contribution in [1.82, 2.24) is 10.6 Å². The first kappa shape index (κ1) is 12.8. The molecule has 0 aliphatic carbocycles. The molecule has 2 fully saturated rings. The molecular weight excluding hydrogens is 240 g/mol. The molecule has 2 heterocycles. The van der Waals surface area contributed by atoms with Gasteiger partial charge in [0, 0.05) is 25.0 Å². The second-order valence-electron chi connectivity index (χ2n) is 4.99. The van der Waals surface area contributed by atoms with Crippen LogP contribution in [0.5, 0.6) is 0 Å². The van der Waals surface area contributed by atoms with E-state index in [1.165, 1.54) is 0 Å². The van der Waals surface area contributed by atoms with Crippen LogP contribution in [-0.4, -0.2) is 44.5 Å². The molecule has 2 aliphatic heterocycles. The van der Waals surface area contributed by atoms with E-state index in [1.54, 1.807) is 0 Å². The molecule has 2 saturated heterocycles. The minimum absolute atomic E-state index is 0.100. The van der Waals surface area contributed by atoms with Gasteiger partial charge < -0.3 is 10.6 Å². The summed E-state index contributed by atoms with van der Waals surface area (Å²) in [5.41, 5.74) is 0. The Bertz CT molecular complexity index is 366. The first-order valence-electron chi connectivity index (χ1n) is 6.28. The fraction of sp³-hybridized carbons (Fsp3) is 0.909. The summed E-state index contributed by atoms with van der Waals surface area (Å²) in [5.74, 6) is 0.663. The summed E-state index contributed by atoms with van der Waals surface area (Å²) >= 11 is 0. The zero-order chi connectivity index (χ0) is 12.3. The van der Waals surface area contributed by atoms with Crippen molar-refractivity contribution in [1.29, 1.82) is 0 Å². The smallest absolute Gasteiger partial charge is 0.221 e. The van der Waals surface area contributed by atoms with Gasteiger partial charge in [-0.25, -0.2) is 8.42 Å². The molecule has 0 aromatic heterocycles. The fourth-order valence-corrected chi connectivity index (χ4v) is 4.00. The Morgan fingerprint density at radius 2 is 1.82 bits per heavy atom. The van der Waals surface area contributed by atoms with Gasteiger partial charge in [-0.2, -0.15) is 0 Å². The van der Waals surface area contributed by atoms with Gasteiger partial charge in [0.25, 0.3) is 0 Å². The quantitative estimate of drug-likeness (QED) is 0.722. The van der Waals surface area contributed by atoms with Gasteiger partial charge in [0.05, 0.1) is 11.5 Å². The van der Waals surface area contributed by atoms with Crippen molar-refractivity contribution in [2.75, 3.05) is 18.1 Å². The van der Waals surface area contributed by atoms with Crippen molar-refractivity contribution in [2.45, 2.75) is 44.2 Å². The van der Waals surface area contributed by atoms with E-state index in [0.717, 1.165) is 19.4 Å². The zero-order valence-electron chi connectivity index (χ0n) is 9.94. The molecule has 98 valence electrons. The average Bonchev–Trinajstić information content (AvgIpc) is 2.46. The molecule has 0 radical (unpaired) electrons. The van der Waals surface area contributed by atoms with Gasteiger partial charge in [0.15, 0.2) is 0 Å². The summed E-state index contributed by atoms with van der Waals surface area (Å²) in [6.07, 6.45) is 3.86. The van der Waals surface area contributed by atoms with E-state index in [4.69, 9.17) is 0 Å². The first-order valence-corrected chi connectivity index (χ1v) is 8.10. The van der Waals surface area contributed by atoms with Crippen LogP contribution in [0.3, 0.4) is 0 Å². The minimum Gasteiger partial charge on any atom is -0.356 e. The maximum Gasteiger partial charge on any atom is 0.221 e. The van der Waals surface area contributed by atoms with E-state index in [0.29, 0.717) is 19.3 Å². The van der Waals surface area contributed by atoms with Gasteiger partial charge in [0.2, 0.25) is 5.91 Å². The number of amides is 1. The van der Waals surface area contributed by atoms with E-state index in [9.17, 15) is 13.2 Å². The van der Waals surface area contributed by atoms with E-state index >= 15 is 0 Å². The number of rotatable bonds is 2. The Labute approximate surface area is 102 Å². The van der Waals surface area contributed by atoms with Crippen LogP contribution in [-0.2, 0) is 14.6 Å². The first-order chi connectivity index (χ1) is 8.05. The normalized spacial score (nSPS) is 30.6. The monoisotopic (exact) mass is 260 g/mol. The number of hydrogen-bond acceptors (Lipinski definition) is 4. The van der Waals surface area contributed by atoms with E-state index in [-0.39, 0.29) is 29.5 Å². The van der Waals surface area contributed by atoms with Crippen LogP contribution in [0.1, 0.15) is 32.1 Å². The molecule has 1 unspecified atom stereocenters. The Hall–Kier alpha value is -0.620. The fourth-order valence-electron chi connectivity index (χ4n) is 2.51. The summed E-state index contributed by atoms with van der Waals surface area (Å²) < 4.78 is 22.6. The lowest BCUT2D eigenvalue weighted by Crippen LogP contribution is -2.44. The molecule has 0 spiro atoms. The molecule has 17 heavy (non-hydrogen) atoms. The summed E-state index contributed by atoms with van der Waals surface area (Å²) in [6.45, 7) is 0.760. The second-order valence-corrected chi connectivity index (χ2v) is 7.29. The van der Waals surface area contributed by atoms with E-state index < -0.39 is 9.84 Å². The van der Waals surface area contributed by atoms with Crippen LogP contribution in [0.25, 0.3) is 0 Å². The molecule has 2 rings (SSSR count). The Morgan fingerprint density at radius 3 is 2.53 bits per heavy atom. The third kappa shape index (κ3) is 3.96. The standard InChI is InChI=1S/C11H20N2O3S/c14-11-8-10(2-1-5-12-11)13-9-3-6-17(15,16)7-4-9/h9-10,13H,1-8H2,(H,12,14). The van der Waals surface area contributed by atoms with Crippen molar-refractivity contribution >= 4 is 15.7 Å². The molecule has 2 aliphatic rings. The largest absolute Gasteiger partial charge is 0.356 e. The third-order valence-electron chi connectivity index (χ3n) is 3.51. The lowest BCUT2D eigenvalue weighted by atomic mass is 10.1. The maximum atomic E-state index is 11.4. The van der Waals surface area contributed by atoms with Crippen molar-refractivity contribution in [2.24, 2.45) is 0 Å². The van der Waals surface area contributed by atoms with Crippen molar-refractivity contribution in [3.05, 3.63) is 0 Å². The topological polar surface area (TPSA) is 75.3 Å². The van der Waals surface area contributed by atoms with Gasteiger partial charge in [-0.15, -0.1) is 0 Å². The molecule has 0 aromatic carbocycles.